The maximum Gasteiger partial charge on any atom is 0.0845 e. The van der Waals surface area contributed by atoms with Gasteiger partial charge in [-0.2, -0.15) is 0 Å². The van der Waals surface area contributed by atoms with Crippen molar-refractivity contribution in [3.8, 4) is 0 Å². The SMILES string of the molecule is Cc1ccc(N2CCN(C[C@@H](O)Cn3c4ccc(Cl)cc4c4cc(Cl)ccc43)CC2)cc1. The van der Waals surface area contributed by atoms with Crippen LogP contribution >= 0.6 is 23.2 Å². The number of fused-ring (bicyclic) bond motifs is 3. The van der Waals surface area contributed by atoms with Crippen LogP contribution in [-0.4, -0.2) is 53.4 Å². The van der Waals surface area contributed by atoms with Crippen LogP contribution in [-0.2, 0) is 6.54 Å². The summed E-state index contributed by atoms with van der Waals surface area (Å²) in [5.41, 5.74) is 4.69. The molecule has 0 unspecified atom stereocenters. The number of nitrogens with zero attached hydrogens (tertiary/aromatic N) is 3. The Labute approximate surface area is 198 Å². The zero-order chi connectivity index (χ0) is 22.2. The number of halogens is 2. The third-order valence-electron chi connectivity index (χ3n) is 6.42. The van der Waals surface area contributed by atoms with Crippen LogP contribution < -0.4 is 4.90 Å². The van der Waals surface area contributed by atoms with Crippen molar-refractivity contribution in [2.24, 2.45) is 0 Å². The van der Waals surface area contributed by atoms with E-state index in [0.717, 1.165) is 48.0 Å². The average molecular weight is 468 g/mol. The topological polar surface area (TPSA) is 31.6 Å². The number of rotatable bonds is 5. The fraction of sp³-hybridized carbons (Fsp3) is 0.308. The molecule has 1 aliphatic rings. The summed E-state index contributed by atoms with van der Waals surface area (Å²) >= 11 is 12.5. The molecule has 1 fully saturated rings. The molecule has 1 N–H and O–H groups in total. The van der Waals surface area contributed by atoms with Gasteiger partial charge in [0.05, 0.1) is 12.6 Å². The Balaban J connectivity index is 1.29. The van der Waals surface area contributed by atoms with Crippen LogP contribution in [0.25, 0.3) is 21.8 Å². The zero-order valence-corrected chi connectivity index (χ0v) is 19.7. The maximum absolute atomic E-state index is 11.0. The van der Waals surface area contributed by atoms with Crippen molar-refractivity contribution < 1.29 is 5.11 Å². The van der Waals surface area contributed by atoms with Crippen LogP contribution in [0.2, 0.25) is 10.0 Å². The van der Waals surface area contributed by atoms with Crippen LogP contribution in [0.4, 0.5) is 5.69 Å². The standard InChI is InChI=1S/C26H27Cl2N3O/c1-18-2-6-21(7-3-18)30-12-10-29(11-13-30)16-22(32)17-31-25-8-4-19(27)14-23(25)24-15-20(28)5-9-26(24)31/h2-9,14-15,22,32H,10-13,16-17H2,1H3/t22-/m1/s1. The Kier molecular flexibility index (Phi) is 6.04. The normalized spacial score (nSPS) is 16.2. The van der Waals surface area contributed by atoms with Crippen LogP contribution in [0.3, 0.4) is 0 Å². The second-order valence-corrected chi connectivity index (χ2v) is 9.58. The highest BCUT2D eigenvalue weighted by Crippen LogP contribution is 2.33. The Morgan fingerprint density at radius 3 is 1.91 bits per heavy atom. The van der Waals surface area contributed by atoms with Crippen LogP contribution in [0.15, 0.2) is 60.7 Å². The van der Waals surface area contributed by atoms with Gasteiger partial charge in [0, 0.05) is 70.3 Å². The monoisotopic (exact) mass is 467 g/mol. The average Bonchev–Trinajstić information content (AvgIpc) is 3.07. The number of hydrogen-bond acceptors (Lipinski definition) is 3. The van der Waals surface area contributed by atoms with Crippen molar-refractivity contribution in [2.45, 2.75) is 19.6 Å². The summed E-state index contributed by atoms with van der Waals surface area (Å²) in [6, 6.07) is 20.5. The lowest BCUT2D eigenvalue weighted by atomic mass is 10.1. The molecule has 0 bridgehead atoms. The summed E-state index contributed by atoms with van der Waals surface area (Å²) in [5.74, 6) is 0. The highest BCUT2D eigenvalue weighted by atomic mass is 35.5. The summed E-state index contributed by atoms with van der Waals surface area (Å²) < 4.78 is 2.19. The van der Waals surface area contributed by atoms with Crippen molar-refractivity contribution in [2.75, 3.05) is 37.6 Å². The maximum atomic E-state index is 11.0. The minimum absolute atomic E-state index is 0.467. The molecule has 1 aromatic heterocycles. The van der Waals surface area contributed by atoms with E-state index < -0.39 is 6.10 Å². The number of aliphatic hydroxyl groups excluding tert-OH is 1. The number of aliphatic hydroxyl groups is 1. The predicted molar refractivity (Wildman–Crippen MR) is 135 cm³/mol. The molecule has 32 heavy (non-hydrogen) atoms. The smallest absolute Gasteiger partial charge is 0.0845 e. The van der Waals surface area contributed by atoms with Gasteiger partial charge in [0.25, 0.3) is 0 Å². The first-order valence-electron chi connectivity index (χ1n) is 11.1. The molecule has 0 saturated carbocycles. The highest BCUT2D eigenvalue weighted by molar-refractivity contribution is 6.33. The first-order chi connectivity index (χ1) is 15.5. The van der Waals surface area contributed by atoms with E-state index in [-0.39, 0.29) is 0 Å². The van der Waals surface area contributed by atoms with Crippen molar-refractivity contribution in [3.63, 3.8) is 0 Å². The molecular weight excluding hydrogens is 441 g/mol. The number of benzene rings is 3. The van der Waals surface area contributed by atoms with Gasteiger partial charge in [0.2, 0.25) is 0 Å². The van der Waals surface area contributed by atoms with Crippen LogP contribution in [0.1, 0.15) is 5.56 Å². The second-order valence-electron chi connectivity index (χ2n) is 8.71. The summed E-state index contributed by atoms with van der Waals surface area (Å²) in [5, 5.41) is 14.5. The Morgan fingerprint density at radius 1 is 0.781 bits per heavy atom. The van der Waals surface area contributed by atoms with Crippen LogP contribution in [0, 0.1) is 6.92 Å². The Morgan fingerprint density at radius 2 is 1.34 bits per heavy atom. The fourth-order valence-electron chi connectivity index (χ4n) is 4.76. The first kappa shape index (κ1) is 21.6. The first-order valence-corrected chi connectivity index (χ1v) is 11.8. The van der Waals surface area contributed by atoms with E-state index in [9.17, 15) is 5.11 Å². The molecule has 0 spiro atoms. The number of piperazine rings is 1. The molecule has 0 amide bonds. The van der Waals surface area contributed by atoms with Crippen LogP contribution in [0.5, 0.6) is 0 Å². The number of aromatic nitrogens is 1. The number of anilines is 1. The molecule has 0 aliphatic carbocycles. The van der Waals surface area contributed by atoms with E-state index >= 15 is 0 Å². The van der Waals surface area contributed by atoms with Gasteiger partial charge in [-0.15, -0.1) is 0 Å². The second kappa shape index (κ2) is 8.95. The minimum Gasteiger partial charge on any atom is -0.390 e. The molecule has 3 aromatic carbocycles. The van der Waals surface area contributed by atoms with Gasteiger partial charge in [-0.25, -0.2) is 0 Å². The summed E-state index contributed by atoms with van der Waals surface area (Å²) in [6.07, 6.45) is -0.467. The van der Waals surface area contributed by atoms with Gasteiger partial charge in [0.1, 0.15) is 0 Å². The molecule has 6 heteroatoms. The van der Waals surface area contributed by atoms with E-state index in [1.165, 1.54) is 11.3 Å². The van der Waals surface area contributed by atoms with Crippen molar-refractivity contribution in [1.29, 1.82) is 0 Å². The predicted octanol–water partition coefficient (Wildman–Crippen LogP) is 5.59. The summed E-state index contributed by atoms with van der Waals surface area (Å²) in [4.78, 5) is 4.78. The molecular formula is C26H27Cl2N3O. The van der Waals surface area contributed by atoms with Crippen molar-refractivity contribution >= 4 is 50.7 Å². The van der Waals surface area contributed by atoms with Gasteiger partial charge < -0.3 is 14.6 Å². The quantitative estimate of drug-likeness (QED) is 0.414. The minimum atomic E-state index is -0.467. The summed E-state index contributed by atoms with van der Waals surface area (Å²) in [7, 11) is 0. The zero-order valence-electron chi connectivity index (χ0n) is 18.1. The van der Waals surface area contributed by atoms with Gasteiger partial charge in [-0.05, 0) is 55.5 Å². The number of hydrogen-bond donors (Lipinski definition) is 1. The lowest BCUT2D eigenvalue weighted by molar-refractivity contribution is 0.0969. The van der Waals surface area contributed by atoms with Gasteiger partial charge in [0.15, 0.2) is 0 Å². The molecule has 1 aliphatic heterocycles. The van der Waals surface area contributed by atoms with Crippen molar-refractivity contribution in [1.82, 2.24) is 9.47 Å². The fourth-order valence-corrected chi connectivity index (χ4v) is 5.10. The molecule has 0 radical (unpaired) electrons. The van der Waals surface area contributed by atoms with Gasteiger partial charge in [-0.1, -0.05) is 40.9 Å². The van der Waals surface area contributed by atoms with E-state index in [2.05, 4.69) is 45.6 Å². The van der Waals surface area contributed by atoms with E-state index in [4.69, 9.17) is 23.2 Å². The summed E-state index contributed by atoms with van der Waals surface area (Å²) in [6.45, 7) is 7.14. The molecule has 4 nitrogen and oxygen atoms in total. The Hall–Kier alpha value is -2.24. The molecule has 4 aromatic rings. The highest BCUT2D eigenvalue weighted by Gasteiger charge is 2.21. The van der Waals surface area contributed by atoms with Crippen molar-refractivity contribution in [3.05, 3.63) is 76.3 Å². The largest absolute Gasteiger partial charge is 0.390 e. The van der Waals surface area contributed by atoms with Gasteiger partial charge >= 0.3 is 0 Å². The molecule has 2 heterocycles. The molecule has 166 valence electrons. The third-order valence-corrected chi connectivity index (χ3v) is 6.89. The lowest BCUT2D eigenvalue weighted by Gasteiger charge is -2.37. The molecule has 1 saturated heterocycles. The Bertz CT molecular complexity index is 1180. The number of aryl methyl sites for hydroxylation is 1. The van der Waals surface area contributed by atoms with E-state index in [1.807, 2.05) is 36.4 Å². The number of β-amino-alcohol motifs (C(OH)–C–C–N with tert-alkyl or cyclic N) is 1. The van der Waals surface area contributed by atoms with E-state index in [0.29, 0.717) is 23.1 Å². The lowest BCUT2D eigenvalue weighted by Crippen LogP contribution is -2.49. The van der Waals surface area contributed by atoms with Gasteiger partial charge in [-0.3, -0.25) is 4.90 Å². The van der Waals surface area contributed by atoms with E-state index in [1.54, 1.807) is 0 Å². The molecule has 5 rings (SSSR count). The third kappa shape index (κ3) is 4.33. The molecule has 1 atom stereocenters.